The lowest BCUT2D eigenvalue weighted by Crippen LogP contribution is -2.41. The molecule has 0 saturated heterocycles. The predicted molar refractivity (Wildman–Crippen MR) is 132 cm³/mol. The molecular weight excluding hydrogens is 470 g/mol. The number of rotatable bonds is 10. The van der Waals surface area contributed by atoms with Crippen LogP contribution in [0.3, 0.4) is 0 Å². The quantitative estimate of drug-likeness (QED) is 0.370. The van der Waals surface area contributed by atoms with Crippen molar-refractivity contribution in [1.29, 1.82) is 0 Å². The molecule has 0 aliphatic heterocycles. The molecule has 0 saturated carbocycles. The largest absolute Gasteiger partial charge is 0.495 e. The first-order chi connectivity index (χ1) is 16.8. The normalized spacial score (nSPS) is 10.8. The van der Waals surface area contributed by atoms with Gasteiger partial charge >= 0.3 is 0 Å². The average Bonchev–Trinajstić information content (AvgIpc) is 2.87. The van der Waals surface area contributed by atoms with Crippen LogP contribution in [0.2, 0.25) is 0 Å². The van der Waals surface area contributed by atoms with E-state index in [2.05, 4.69) is 15.6 Å². The van der Waals surface area contributed by atoms with Crippen LogP contribution in [0.15, 0.2) is 77.7 Å². The number of para-hydroxylation sites is 3. The zero-order chi connectivity index (χ0) is 25.3. The van der Waals surface area contributed by atoms with Gasteiger partial charge in [-0.2, -0.15) is 0 Å². The number of methoxy groups -OCH3 is 1. The summed E-state index contributed by atoms with van der Waals surface area (Å²) >= 11 is 0. The van der Waals surface area contributed by atoms with Crippen molar-refractivity contribution in [1.82, 2.24) is 10.9 Å². The fourth-order valence-corrected chi connectivity index (χ4v) is 4.37. The number of nitrogens with one attached hydrogen (secondary N) is 3. The number of carbonyl (C=O) groups excluding carboxylic acids is 2. The van der Waals surface area contributed by atoms with Crippen molar-refractivity contribution in [3.05, 3.63) is 83.9 Å². The third-order valence-corrected chi connectivity index (χ3v) is 6.33. The maximum Gasteiger partial charge on any atom is 0.269 e. The summed E-state index contributed by atoms with van der Waals surface area (Å²) in [6.07, 6.45) is 0.557. The van der Waals surface area contributed by atoms with Gasteiger partial charge in [-0.3, -0.25) is 25.2 Å². The van der Waals surface area contributed by atoms with E-state index in [-0.39, 0.29) is 22.6 Å². The predicted octanol–water partition coefficient (Wildman–Crippen LogP) is 3.29. The Morgan fingerprint density at radius 2 is 1.60 bits per heavy atom. The van der Waals surface area contributed by atoms with E-state index in [0.29, 0.717) is 24.5 Å². The van der Waals surface area contributed by atoms with Crippen LogP contribution in [0, 0.1) is 0 Å². The van der Waals surface area contributed by atoms with Crippen LogP contribution in [0.25, 0.3) is 0 Å². The van der Waals surface area contributed by atoms with Gasteiger partial charge in [0.15, 0.2) is 0 Å². The Bertz CT molecular complexity index is 1290. The second kappa shape index (κ2) is 11.9. The number of carbonyl (C=O) groups is 2. The van der Waals surface area contributed by atoms with E-state index in [4.69, 9.17) is 9.47 Å². The molecule has 0 aliphatic rings. The van der Waals surface area contributed by atoms with E-state index in [9.17, 15) is 18.0 Å². The fraction of sp³-hybridized carbons (Fsp3) is 0.200. The highest BCUT2D eigenvalue weighted by Crippen LogP contribution is 2.26. The lowest BCUT2D eigenvalue weighted by atomic mass is 10.1. The van der Waals surface area contributed by atoms with Gasteiger partial charge in [-0.15, -0.1) is 0 Å². The fourth-order valence-electron chi connectivity index (χ4n) is 3.25. The number of hydrazine groups is 1. The number of aryl methyl sites for hydroxylation is 1. The van der Waals surface area contributed by atoms with Crippen molar-refractivity contribution >= 4 is 27.5 Å². The molecular formula is C25H27N3O6S. The van der Waals surface area contributed by atoms with Crippen molar-refractivity contribution in [3.8, 4) is 11.5 Å². The Balaban J connectivity index is 1.60. The van der Waals surface area contributed by atoms with Crippen LogP contribution >= 0.6 is 0 Å². The highest BCUT2D eigenvalue weighted by Gasteiger charge is 2.18. The number of ether oxygens (including phenoxy) is 2. The highest BCUT2D eigenvalue weighted by atomic mass is 32.2. The lowest BCUT2D eigenvalue weighted by Gasteiger charge is -2.13. The summed E-state index contributed by atoms with van der Waals surface area (Å²) in [5.41, 5.74) is 5.89. The molecule has 3 rings (SSSR count). The monoisotopic (exact) mass is 497 g/mol. The Morgan fingerprint density at radius 1 is 0.886 bits per heavy atom. The molecule has 0 heterocycles. The summed E-state index contributed by atoms with van der Waals surface area (Å²) < 4.78 is 38.8. The molecule has 0 aromatic heterocycles. The van der Waals surface area contributed by atoms with E-state index < -0.39 is 21.8 Å². The number of hydrogen-bond donors (Lipinski definition) is 3. The van der Waals surface area contributed by atoms with Gasteiger partial charge in [0.05, 0.1) is 24.3 Å². The first-order valence-corrected chi connectivity index (χ1v) is 12.4. The minimum Gasteiger partial charge on any atom is -0.495 e. The SMILES string of the molecule is CCOc1ccccc1CCC(=O)NNC(=O)c1cccc(S(=O)(=O)Nc2ccccc2OC)c1. The van der Waals surface area contributed by atoms with E-state index in [0.717, 1.165) is 5.56 Å². The second-order valence-electron chi connectivity index (χ2n) is 7.38. The molecule has 9 nitrogen and oxygen atoms in total. The summed E-state index contributed by atoms with van der Waals surface area (Å²) in [7, 11) is -2.56. The summed E-state index contributed by atoms with van der Waals surface area (Å²) in [5.74, 6) is 0.0248. The van der Waals surface area contributed by atoms with Gasteiger partial charge in [0.2, 0.25) is 5.91 Å². The Hall–Kier alpha value is -4.05. The van der Waals surface area contributed by atoms with Crippen LogP contribution in [0.5, 0.6) is 11.5 Å². The number of hydrogen-bond acceptors (Lipinski definition) is 6. The summed E-state index contributed by atoms with van der Waals surface area (Å²) in [6.45, 7) is 2.40. The number of sulfonamides is 1. The van der Waals surface area contributed by atoms with E-state index in [1.54, 1.807) is 24.3 Å². The summed E-state index contributed by atoms with van der Waals surface area (Å²) in [4.78, 5) is 24.6. The van der Waals surface area contributed by atoms with E-state index >= 15 is 0 Å². The summed E-state index contributed by atoms with van der Waals surface area (Å²) in [5, 5.41) is 0. The van der Waals surface area contributed by atoms with Gasteiger partial charge < -0.3 is 9.47 Å². The van der Waals surface area contributed by atoms with Crippen LogP contribution in [0.1, 0.15) is 29.3 Å². The van der Waals surface area contributed by atoms with E-state index in [1.807, 2.05) is 31.2 Å². The van der Waals surface area contributed by atoms with E-state index in [1.165, 1.54) is 31.4 Å². The van der Waals surface area contributed by atoms with Crippen molar-refractivity contribution in [3.63, 3.8) is 0 Å². The average molecular weight is 498 g/mol. The van der Waals surface area contributed by atoms with Crippen molar-refractivity contribution in [2.24, 2.45) is 0 Å². The van der Waals surface area contributed by atoms with Gasteiger partial charge in [-0.05, 0) is 55.3 Å². The molecule has 0 unspecified atom stereocenters. The lowest BCUT2D eigenvalue weighted by molar-refractivity contribution is -0.121. The first kappa shape index (κ1) is 25.6. The molecule has 35 heavy (non-hydrogen) atoms. The topological polar surface area (TPSA) is 123 Å². The van der Waals surface area contributed by atoms with Gasteiger partial charge in [0.25, 0.3) is 15.9 Å². The standard InChI is InChI=1S/C25H27N3O6S/c1-3-34-22-13-6-4-9-18(22)15-16-24(29)26-27-25(30)19-10-8-11-20(17-19)35(31,32)28-21-12-5-7-14-23(21)33-2/h4-14,17,28H,3,15-16H2,1-2H3,(H,26,29)(H,27,30). The molecule has 0 bridgehead atoms. The maximum atomic E-state index is 12.8. The Labute approximate surface area is 204 Å². The third-order valence-electron chi connectivity index (χ3n) is 4.97. The molecule has 0 spiro atoms. The van der Waals surface area contributed by atoms with Crippen LogP contribution in [0.4, 0.5) is 5.69 Å². The molecule has 2 amide bonds. The molecule has 10 heteroatoms. The van der Waals surface area contributed by atoms with Crippen molar-refractivity contribution < 1.29 is 27.5 Å². The molecule has 0 radical (unpaired) electrons. The smallest absolute Gasteiger partial charge is 0.269 e. The number of benzene rings is 3. The number of anilines is 1. The molecule has 184 valence electrons. The Morgan fingerprint density at radius 3 is 2.34 bits per heavy atom. The zero-order valence-electron chi connectivity index (χ0n) is 19.4. The highest BCUT2D eigenvalue weighted by molar-refractivity contribution is 7.92. The molecule has 3 aromatic carbocycles. The third kappa shape index (κ3) is 6.97. The first-order valence-electron chi connectivity index (χ1n) is 10.9. The zero-order valence-corrected chi connectivity index (χ0v) is 20.2. The summed E-state index contributed by atoms with van der Waals surface area (Å²) in [6, 6.07) is 19.5. The van der Waals surface area contributed by atoms with Crippen LogP contribution < -0.4 is 25.0 Å². The van der Waals surface area contributed by atoms with Crippen LogP contribution in [-0.2, 0) is 21.2 Å². The molecule has 0 fully saturated rings. The van der Waals surface area contributed by atoms with Crippen molar-refractivity contribution in [2.75, 3.05) is 18.4 Å². The minimum atomic E-state index is -3.99. The van der Waals surface area contributed by atoms with Gasteiger partial charge in [0, 0.05) is 12.0 Å². The molecule has 0 atom stereocenters. The van der Waals surface area contributed by atoms with Gasteiger partial charge in [0.1, 0.15) is 11.5 Å². The van der Waals surface area contributed by atoms with Gasteiger partial charge in [-0.25, -0.2) is 8.42 Å². The number of amides is 2. The second-order valence-corrected chi connectivity index (χ2v) is 9.06. The Kier molecular flexibility index (Phi) is 8.69. The van der Waals surface area contributed by atoms with Crippen molar-refractivity contribution in [2.45, 2.75) is 24.7 Å². The van der Waals surface area contributed by atoms with Gasteiger partial charge in [-0.1, -0.05) is 36.4 Å². The molecule has 0 aliphatic carbocycles. The van der Waals surface area contributed by atoms with Crippen LogP contribution in [-0.4, -0.2) is 33.9 Å². The molecule has 3 aromatic rings. The minimum absolute atomic E-state index is 0.0647. The molecule has 3 N–H and O–H groups in total. The maximum absolute atomic E-state index is 12.8.